The van der Waals surface area contributed by atoms with Crippen molar-refractivity contribution in [3.05, 3.63) is 70.6 Å². The molecule has 2 heterocycles. The second-order valence-corrected chi connectivity index (χ2v) is 5.66. The fourth-order valence-electron chi connectivity index (χ4n) is 2.15. The first-order valence-corrected chi connectivity index (χ1v) is 7.82. The summed E-state index contributed by atoms with van der Waals surface area (Å²) in [5, 5.41) is 7.20. The zero-order chi connectivity index (χ0) is 17.8. The number of carbonyl (C=O) groups is 1. The molecule has 25 heavy (non-hydrogen) atoms. The maximum absolute atomic E-state index is 12.8. The molecule has 0 aliphatic heterocycles. The Morgan fingerprint density at radius 1 is 1.32 bits per heavy atom. The smallest absolute Gasteiger partial charge is 0.287 e. The van der Waals surface area contributed by atoms with Gasteiger partial charge in [0.1, 0.15) is 23.9 Å². The summed E-state index contributed by atoms with van der Waals surface area (Å²) < 4.78 is 25.3. The van der Waals surface area contributed by atoms with Crippen LogP contribution in [0, 0.1) is 5.82 Å². The maximum Gasteiger partial charge on any atom is 0.287 e. The van der Waals surface area contributed by atoms with Gasteiger partial charge in [0.25, 0.3) is 5.91 Å². The van der Waals surface area contributed by atoms with E-state index < -0.39 is 0 Å². The van der Waals surface area contributed by atoms with Crippen molar-refractivity contribution in [2.24, 2.45) is 7.05 Å². The Bertz CT molecular complexity index is 854. The summed E-state index contributed by atoms with van der Waals surface area (Å²) in [6.07, 6.45) is 1.51. The molecule has 0 fully saturated rings. The standard InChI is InChI=1S/C17H15ClFN3O3/c1-22-15(14(18)8-21-22)9-20-17(23)16-7-6-13(25-16)10-24-12-4-2-11(19)3-5-12/h2-8H,9-10H2,1H3,(H,20,23). The van der Waals surface area contributed by atoms with Crippen LogP contribution in [0.2, 0.25) is 5.02 Å². The van der Waals surface area contributed by atoms with Gasteiger partial charge in [0.2, 0.25) is 0 Å². The average Bonchev–Trinajstić information content (AvgIpc) is 3.20. The van der Waals surface area contributed by atoms with E-state index in [1.165, 1.54) is 30.5 Å². The van der Waals surface area contributed by atoms with Gasteiger partial charge in [0.15, 0.2) is 5.76 Å². The molecule has 1 amide bonds. The minimum atomic E-state index is -0.370. The molecular weight excluding hydrogens is 349 g/mol. The Hall–Kier alpha value is -2.80. The van der Waals surface area contributed by atoms with Crippen molar-refractivity contribution in [1.82, 2.24) is 15.1 Å². The normalized spacial score (nSPS) is 10.7. The molecule has 0 saturated heterocycles. The van der Waals surface area contributed by atoms with Gasteiger partial charge in [-0.25, -0.2) is 4.39 Å². The van der Waals surface area contributed by atoms with Crippen molar-refractivity contribution >= 4 is 17.5 Å². The van der Waals surface area contributed by atoms with Crippen LogP contribution >= 0.6 is 11.6 Å². The number of aryl methyl sites for hydroxylation is 1. The third-order valence-corrected chi connectivity index (χ3v) is 3.82. The molecule has 0 spiro atoms. The first kappa shape index (κ1) is 17.0. The zero-order valence-electron chi connectivity index (χ0n) is 13.3. The number of hydrogen-bond donors (Lipinski definition) is 1. The van der Waals surface area contributed by atoms with Crippen molar-refractivity contribution in [2.75, 3.05) is 0 Å². The Morgan fingerprint density at radius 3 is 2.76 bits per heavy atom. The van der Waals surface area contributed by atoms with Crippen LogP contribution in [0.4, 0.5) is 4.39 Å². The topological polar surface area (TPSA) is 69.3 Å². The number of carbonyl (C=O) groups excluding carboxylic acids is 1. The molecule has 3 aromatic rings. The van der Waals surface area contributed by atoms with Gasteiger partial charge >= 0.3 is 0 Å². The fourth-order valence-corrected chi connectivity index (χ4v) is 2.38. The highest BCUT2D eigenvalue weighted by atomic mass is 35.5. The predicted molar refractivity (Wildman–Crippen MR) is 88.8 cm³/mol. The lowest BCUT2D eigenvalue weighted by molar-refractivity contribution is 0.0918. The van der Waals surface area contributed by atoms with Gasteiger partial charge in [0.05, 0.1) is 23.5 Å². The number of nitrogens with one attached hydrogen (secondary N) is 1. The lowest BCUT2D eigenvalue weighted by Crippen LogP contribution is -2.23. The SMILES string of the molecule is Cn1ncc(Cl)c1CNC(=O)c1ccc(COc2ccc(F)cc2)o1. The number of benzene rings is 1. The number of halogens is 2. The number of rotatable bonds is 6. The van der Waals surface area contributed by atoms with E-state index in [2.05, 4.69) is 10.4 Å². The molecule has 3 rings (SSSR count). The second kappa shape index (κ2) is 7.40. The second-order valence-electron chi connectivity index (χ2n) is 5.25. The largest absolute Gasteiger partial charge is 0.486 e. The summed E-state index contributed by atoms with van der Waals surface area (Å²) in [4.78, 5) is 12.1. The van der Waals surface area contributed by atoms with Crippen LogP contribution in [0.15, 0.2) is 47.0 Å². The van der Waals surface area contributed by atoms with Gasteiger partial charge in [0, 0.05) is 7.05 Å². The van der Waals surface area contributed by atoms with Gasteiger partial charge in [-0.05, 0) is 36.4 Å². The van der Waals surface area contributed by atoms with Gasteiger partial charge in [-0.3, -0.25) is 9.48 Å². The lowest BCUT2D eigenvalue weighted by atomic mass is 10.3. The molecule has 130 valence electrons. The highest BCUT2D eigenvalue weighted by molar-refractivity contribution is 6.31. The zero-order valence-corrected chi connectivity index (χ0v) is 14.1. The third-order valence-electron chi connectivity index (χ3n) is 3.51. The molecule has 6 nitrogen and oxygen atoms in total. The van der Waals surface area contributed by atoms with Gasteiger partial charge in [-0.2, -0.15) is 5.10 Å². The first-order chi connectivity index (χ1) is 12.0. The van der Waals surface area contributed by atoms with Crippen molar-refractivity contribution in [3.63, 3.8) is 0 Å². The number of ether oxygens (including phenoxy) is 1. The van der Waals surface area contributed by atoms with E-state index in [9.17, 15) is 9.18 Å². The molecule has 1 aromatic carbocycles. The number of furan rings is 1. The molecule has 0 aliphatic carbocycles. The lowest BCUT2D eigenvalue weighted by Gasteiger charge is -2.05. The first-order valence-electron chi connectivity index (χ1n) is 7.44. The van der Waals surface area contributed by atoms with E-state index in [0.29, 0.717) is 22.2 Å². The molecule has 0 aliphatic rings. The molecule has 8 heteroatoms. The van der Waals surface area contributed by atoms with E-state index in [0.717, 1.165) is 0 Å². The number of aromatic nitrogens is 2. The summed E-state index contributed by atoms with van der Waals surface area (Å²) >= 11 is 5.99. The molecular formula is C17H15ClFN3O3. The van der Waals surface area contributed by atoms with E-state index >= 15 is 0 Å². The summed E-state index contributed by atoms with van der Waals surface area (Å²) in [5.74, 6) is 0.446. The minimum Gasteiger partial charge on any atom is -0.486 e. The van der Waals surface area contributed by atoms with Crippen LogP contribution in [0.3, 0.4) is 0 Å². The predicted octanol–water partition coefficient (Wildman–Crippen LogP) is 3.31. The number of amides is 1. The Morgan fingerprint density at radius 2 is 2.08 bits per heavy atom. The van der Waals surface area contributed by atoms with Crippen LogP contribution in [-0.4, -0.2) is 15.7 Å². The Balaban J connectivity index is 1.55. The fraction of sp³-hybridized carbons (Fsp3) is 0.176. The van der Waals surface area contributed by atoms with Crippen molar-refractivity contribution in [2.45, 2.75) is 13.2 Å². The van der Waals surface area contributed by atoms with Crippen LogP contribution in [0.5, 0.6) is 5.75 Å². The van der Waals surface area contributed by atoms with E-state index in [1.807, 2.05) is 0 Å². The Labute approximate surface area is 148 Å². The molecule has 2 aromatic heterocycles. The molecule has 0 atom stereocenters. The number of hydrogen-bond acceptors (Lipinski definition) is 4. The minimum absolute atomic E-state index is 0.131. The van der Waals surface area contributed by atoms with Gasteiger partial charge in [-0.1, -0.05) is 11.6 Å². The van der Waals surface area contributed by atoms with E-state index in [-0.39, 0.29) is 30.6 Å². The monoisotopic (exact) mass is 363 g/mol. The van der Waals surface area contributed by atoms with Gasteiger partial charge < -0.3 is 14.5 Å². The molecule has 0 radical (unpaired) electrons. The van der Waals surface area contributed by atoms with Crippen molar-refractivity contribution < 1.29 is 18.3 Å². The van der Waals surface area contributed by atoms with Crippen LogP contribution in [0.25, 0.3) is 0 Å². The van der Waals surface area contributed by atoms with Crippen LogP contribution < -0.4 is 10.1 Å². The highest BCUT2D eigenvalue weighted by Crippen LogP contribution is 2.16. The molecule has 0 saturated carbocycles. The van der Waals surface area contributed by atoms with Crippen molar-refractivity contribution in [1.29, 1.82) is 0 Å². The molecule has 1 N–H and O–H groups in total. The summed E-state index contributed by atoms with van der Waals surface area (Å²) in [6, 6.07) is 8.85. The average molecular weight is 364 g/mol. The Kier molecular flexibility index (Phi) is 5.04. The highest BCUT2D eigenvalue weighted by Gasteiger charge is 2.13. The summed E-state index contributed by atoms with van der Waals surface area (Å²) in [7, 11) is 1.74. The van der Waals surface area contributed by atoms with Gasteiger partial charge in [-0.15, -0.1) is 0 Å². The van der Waals surface area contributed by atoms with E-state index in [4.69, 9.17) is 20.8 Å². The molecule has 0 bridgehead atoms. The number of nitrogens with zero attached hydrogens (tertiary/aromatic N) is 2. The maximum atomic E-state index is 12.8. The third kappa shape index (κ3) is 4.19. The summed E-state index contributed by atoms with van der Waals surface area (Å²) in [5.41, 5.74) is 0.696. The quantitative estimate of drug-likeness (QED) is 0.729. The molecule has 0 unspecified atom stereocenters. The van der Waals surface area contributed by atoms with Crippen molar-refractivity contribution in [3.8, 4) is 5.75 Å². The van der Waals surface area contributed by atoms with Crippen LogP contribution in [0.1, 0.15) is 22.0 Å². The summed E-state index contributed by atoms with van der Waals surface area (Å²) in [6.45, 7) is 0.364. The van der Waals surface area contributed by atoms with E-state index in [1.54, 1.807) is 23.9 Å². The van der Waals surface area contributed by atoms with Crippen LogP contribution in [-0.2, 0) is 20.2 Å².